The fourth-order valence-corrected chi connectivity index (χ4v) is 2.62. The predicted molar refractivity (Wildman–Crippen MR) is 90.2 cm³/mol. The minimum absolute atomic E-state index is 0.236. The summed E-state index contributed by atoms with van der Waals surface area (Å²) in [5.41, 5.74) is 0. The summed E-state index contributed by atoms with van der Waals surface area (Å²) in [5.74, 6) is 3.11. The van der Waals surface area contributed by atoms with Crippen molar-refractivity contribution in [1.29, 1.82) is 0 Å². The molecule has 0 bridgehead atoms. The Hall–Kier alpha value is -2.22. The zero-order valence-electron chi connectivity index (χ0n) is 14.4. The van der Waals surface area contributed by atoms with Crippen LogP contribution in [0.1, 0.15) is 37.9 Å². The Balaban J connectivity index is 1.61. The second-order valence-corrected chi connectivity index (χ2v) is 6.48. The second-order valence-electron chi connectivity index (χ2n) is 6.48. The molecule has 0 aliphatic carbocycles. The Morgan fingerprint density at radius 3 is 2.92 bits per heavy atom. The van der Waals surface area contributed by atoms with E-state index >= 15 is 0 Å². The van der Waals surface area contributed by atoms with Crippen molar-refractivity contribution in [2.24, 2.45) is 0 Å². The van der Waals surface area contributed by atoms with Gasteiger partial charge in [0, 0.05) is 45.2 Å². The lowest BCUT2D eigenvalue weighted by Gasteiger charge is -2.20. The third-order valence-electron chi connectivity index (χ3n) is 4.11. The van der Waals surface area contributed by atoms with Gasteiger partial charge >= 0.3 is 0 Å². The molecule has 8 nitrogen and oxygen atoms in total. The lowest BCUT2D eigenvalue weighted by molar-refractivity contribution is 0.198. The van der Waals surface area contributed by atoms with Gasteiger partial charge in [-0.3, -0.25) is 0 Å². The molecule has 1 aliphatic heterocycles. The highest BCUT2D eigenvalue weighted by molar-refractivity contribution is 5.44. The average Bonchev–Trinajstić information content (AvgIpc) is 3.22. The number of hydrogen-bond donors (Lipinski definition) is 1. The first kappa shape index (κ1) is 16.6. The molecule has 2 aromatic rings. The molecule has 1 saturated heterocycles. The van der Waals surface area contributed by atoms with Gasteiger partial charge in [0.15, 0.2) is 5.82 Å². The normalized spacial score (nSPS) is 17.7. The largest absolute Gasteiger partial charge is 0.391 e. The van der Waals surface area contributed by atoms with Crippen molar-refractivity contribution in [2.75, 3.05) is 36.5 Å². The highest BCUT2D eigenvalue weighted by Crippen LogP contribution is 2.19. The molecule has 1 N–H and O–H groups in total. The van der Waals surface area contributed by atoms with Crippen molar-refractivity contribution >= 4 is 11.8 Å². The van der Waals surface area contributed by atoms with Gasteiger partial charge in [0.2, 0.25) is 11.8 Å². The summed E-state index contributed by atoms with van der Waals surface area (Å²) in [6.07, 6.45) is 2.94. The topological polar surface area (TPSA) is 91.4 Å². The van der Waals surface area contributed by atoms with Gasteiger partial charge in [-0.15, -0.1) is 0 Å². The van der Waals surface area contributed by atoms with E-state index in [1.54, 1.807) is 6.20 Å². The van der Waals surface area contributed by atoms with Gasteiger partial charge in [-0.05, 0) is 12.5 Å². The summed E-state index contributed by atoms with van der Waals surface area (Å²) in [7, 11) is 1.95. The fraction of sp³-hybridized carbons (Fsp3) is 0.625. The van der Waals surface area contributed by atoms with Crippen LogP contribution >= 0.6 is 0 Å². The molecule has 130 valence electrons. The zero-order chi connectivity index (χ0) is 17.1. The molecular weight excluding hydrogens is 308 g/mol. The average molecular weight is 332 g/mol. The van der Waals surface area contributed by atoms with Crippen molar-refractivity contribution < 1.29 is 9.63 Å². The molecule has 0 saturated carbocycles. The second kappa shape index (κ2) is 7.12. The number of likely N-dealkylation sites (N-methyl/N-ethyl adjacent to an activating group) is 1. The van der Waals surface area contributed by atoms with E-state index in [9.17, 15) is 5.11 Å². The third kappa shape index (κ3) is 3.81. The van der Waals surface area contributed by atoms with Gasteiger partial charge in [0.1, 0.15) is 5.82 Å². The van der Waals surface area contributed by atoms with Crippen LogP contribution in [0.3, 0.4) is 0 Å². The van der Waals surface area contributed by atoms with E-state index in [1.165, 1.54) is 0 Å². The van der Waals surface area contributed by atoms with E-state index in [2.05, 4.69) is 25.0 Å². The van der Waals surface area contributed by atoms with E-state index in [-0.39, 0.29) is 12.0 Å². The van der Waals surface area contributed by atoms with Gasteiger partial charge in [0.25, 0.3) is 0 Å². The Kier molecular flexibility index (Phi) is 4.94. The summed E-state index contributed by atoms with van der Waals surface area (Å²) in [5, 5.41) is 13.7. The lowest BCUT2D eigenvalue weighted by Crippen LogP contribution is -2.26. The summed E-state index contributed by atoms with van der Waals surface area (Å²) in [6, 6.07) is 1.88. The van der Waals surface area contributed by atoms with Crippen LogP contribution in [0.25, 0.3) is 0 Å². The number of hydrogen-bond acceptors (Lipinski definition) is 8. The summed E-state index contributed by atoms with van der Waals surface area (Å²) in [6.45, 7) is 6.20. The van der Waals surface area contributed by atoms with Crippen LogP contribution in [0.5, 0.6) is 0 Å². The first-order chi connectivity index (χ1) is 11.5. The number of aromatic nitrogens is 4. The van der Waals surface area contributed by atoms with Gasteiger partial charge in [0.05, 0.1) is 6.10 Å². The molecule has 1 unspecified atom stereocenters. The van der Waals surface area contributed by atoms with Crippen molar-refractivity contribution in [3.05, 3.63) is 24.0 Å². The molecule has 2 aromatic heterocycles. The van der Waals surface area contributed by atoms with Crippen LogP contribution in [-0.4, -0.2) is 58.0 Å². The molecule has 3 rings (SSSR count). The molecule has 0 spiro atoms. The monoisotopic (exact) mass is 332 g/mol. The Morgan fingerprint density at radius 2 is 2.25 bits per heavy atom. The van der Waals surface area contributed by atoms with Crippen LogP contribution in [0.4, 0.5) is 11.8 Å². The SMILES string of the molecule is CC(C)c1nc(CCN(C)c2nccc(N3CCC(O)C3)n2)no1. The van der Waals surface area contributed by atoms with E-state index in [0.717, 1.165) is 18.8 Å². The standard InChI is InChI=1S/C16H24N6O2/c1-11(2)15-18-13(20-24-15)6-8-21(3)16-17-7-4-14(19-16)22-9-5-12(23)10-22/h4,7,11-12,23H,5-6,8-10H2,1-3H3. The third-order valence-corrected chi connectivity index (χ3v) is 4.11. The van der Waals surface area contributed by atoms with Gasteiger partial charge < -0.3 is 19.4 Å². The maximum Gasteiger partial charge on any atom is 0.229 e. The van der Waals surface area contributed by atoms with Crippen LogP contribution < -0.4 is 9.80 Å². The Bertz CT molecular complexity index is 674. The van der Waals surface area contributed by atoms with Gasteiger partial charge in [-0.25, -0.2) is 4.98 Å². The summed E-state index contributed by atoms with van der Waals surface area (Å²) < 4.78 is 5.22. The van der Waals surface area contributed by atoms with Crippen molar-refractivity contribution in [1.82, 2.24) is 20.1 Å². The molecule has 0 radical (unpaired) electrons. The van der Waals surface area contributed by atoms with E-state index in [0.29, 0.717) is 37.2 Å². The molecule has 0 aromatic carbocycles. The molecule has 1 atom stereocenters. The summed E-state index contributed by atoms with van der Waals surface area (Å²) >= 11 is 0. The predicted octanol–water partition coefficient (Wildman–Crippen LogP) is 1.23. The molecule has 24 heavy (non-hydrogen) atoms. The Labute approximate surface area is 141 Å². The van der Waals surface area contributed by atoms with Crippen LogP contribution in [0.2, 0.25) is 0 Å². The number of rotatable bonds is 6. The van der Waals surface area contributed by atoms with Gasteiger partial charge in [-0.2, -0.15) is 9.97 Å². The first-order valence-electron chi connectivity index (χ1n) is 8.32. The van der Waals surface area contributed by atoms with Crippen molar-refractivity contribution in [3.63, 3.8) is 0 Å². The minimum Gasteiger partial charge on any atom is -0.391 e. The smallest absolute Gasteiger partial charge is 0.229 e. The Morgan fingerprint density at radius 1 is 1.42 bits per heavy atom. The number of nitrogens with zero attached hydrogens (tertiary/aromatic N) is 6. The molecule has 1 fully saturated rings. The molecular formula is C16H24N6O2. The first-order valence-corrected chi connectivity index (χ1v) is 8.32. The van der Waals surface area contributed by atoms with Gasteiger partial charge in [-0.1, -0.05) is 19.0 Å². The molecule has 0 amide bonds. The van der Waals surface area contributed by atoms with Crippen LogP contribution in [-0.2, 0) is 6.42 Å². The van der Waals surface area contributed by atoms with Crippen molar-refractivity contribution in [3.8, 4) is 0 Å². The number of aliphatic hydroxyl groups is 1. The minimum atomic E-state index is -0.269. The zero-order valence-corrected chi connectivity index (χ0v) is 14.4. The highest BCUT2D eigenvalue weighted by Gasteiger charge is 2.22. The number of β-amino-alcohol motifs (C(OH)–C–C–N with tert-alkyl or cyclic N) is 1. The summed E-state index contributed by atoms with van der Waals surface area (Å²) in [4.78, 5) is 17.4. The fourth-order valence-electron chi connectivity index (χ4n) is 2.62. The molecule has 1 aliphatic rings. The van der Waals surface area contributed by atoms with E-state index < -0.39 is 0 Å². The molecule has 3 heterocycles. The molecule has 8 heteroatoms. The van der Waals surface area contributed by atoms with Crippen LogP contribution in [0, 0.1) is 0 Å². The van der Waals surface area contributed by atoms with Crippen molar-refractivity contribution in [2.45, 2.75) is 38.7 Å². The maximum atomic E-state index is 9.67. The maximum absolute atomic E-state index is 9.67. The lowest BCUT2D eigenvalue weighted by atomic mass is 10.2. The highest BCUT2D eigenvalue weighted by atomic mass is 16.5. The number of aliphatic hydroxyl groups excluding tert-OH is 1. The number of anilines is 2. The van der Waals surface area contributed by atoms with E-state index in [4.69, 9.17) is 4.52 Å². The van der Waals surface area contributed by atoms with Crippen LogP contribution in [0.15, 0.2) is 16.8 Å². The van der Waals surface area contributed by atoms with E-state index in [1.807, 2.05) is 31.9 Å². The quantitative estimate of drug-likeness (QED) is 0.844.